The molecule has 1 rings (SSSR count). The van der Waals surface area contributed by atoms with Crippen molar-refractivity contribution in [2.24, 2.45) is 0 Å². The lowest BCUT2D eigenvalue weighted by molar-refractivity contribution is 0.284. The van der Waals surface area contributed by atoms with E-state index in [4.69, 9.17) is 38.7 Å². The second-order valence-electron chi connectivity index (χ2n) is 2.36. The molecule has 8 heteroatoms. The SMILES string of the molecule is Nc1c(OP(=O)(O)O)ccc(Cl)c1Cl. The van der Waals surface area contributed by atoms with Crippen molar-refractivity contribution >= 4 is 36.7 Å². The highest BCUT2D eigenvalue weighted by molar-refractivity contribution is 7.46. The Bertz CT molecular complexity index is 405. The fourth-order valence-electron chi connectivity index (χ4n) is 0.756. The molecule has 0 saturated heterocycles. The van der Waals surface area contributed by atoms with Crippen LogP contribution in [-0.4, -0.2) is 9.79 Å². The van der Waals surface area contributed by atoms with E-state index in [9.17, 15) is 4.57 Å². The number of nitrogens with two attached hydrogens (primary N) is 1. The minimum Gasteiger partial charge on any atom is -0.402 e. The van der Waals surface area contributed by atoms with E-state index in [-0.39, 0.29) is 21.5 Å². The minimum atomic E-state index is -4.63. The summed E-state index contributed by atoms with van der Waals surface area (Å²) < 4.78 is 14.8. The zero-order valence-corrected chi connectivity index (χ0v) is 9.05. The van der Waals surface area contributed by atoms with E-state index in [1.165, 1.54) is 12.1 Å². The minimum absolute atomic E-state index is 0.00221. The van der Waals surface area contributed by atoms with Gasteiger partial charge in [-0.1, -0.05) is 23.2 Å². The van der Waals surface area contributed by atoms with Crippen LogP contribution in [-0.2, 0) is 4.57 Å². The Balaban J connectivity index is 3.12. The van der Waals surface area contributed by atoms with Crippen molar-refractivity contribution in [3.8, 4) is 5.75 Å². The van der Waals surface area contributed by atoms with Gasteiger partial charge in [0.05, 0.1) is 15.7 Å². The number of anilines is 1. The Morgan fingerprint density at radius 1 is 1.36 bits per heavy atom. The van der Waals surface area contributed by atoms with Gasteiger partial charge in [0.2, 0.25) is 0 Å². The van der Waals surface area contributed by atoms with Crippen molar-refractivity contribution in [2.75, 3.05) is 5.73 Å². The molecule has 14 heavy (non-hydrogen) atoms. The summed E-state index contributed by atoms with van der Waals surface area (Å²) >= 11 is 11.2. The van der Waals surface area contributed by atoms with Crippen LogP contribution in [0.1, 0.15) is 0 Å². The van der Waals surface area contributed by atoms with E-state index >= 15 is 0 Å². The van der Waals surface area contributed by atoms with Gasteiger partial charge in [-0.3, -0.25) is 9.79 Å². The first-order chi connectivity index (χ1) is 6.31. The average molecular weight is 258 g/mol. The summed E-state index contributed by atoms with van der Waals surface area (Å²) in [5, 5.41) is 0.180. The van der Waals surface area contributed by atoms with Crippen molar-refractivity contribution in [1.29, 1.82) is 0 Å². The molecule has 0 bridgehead atoms. The van der Waals surface area contributed by atoms with Crippen LogP contribution < -0.4 is 10.3 Å². The number of phosphoric ester groups is 1. The normalized spacial score (nSPS) is 11.4. The van der Waals surface area contributed by atoms with Gasteiger partial charge in [0.25, 0.3) is 0 Å². The van der Waals surface area contributed by atoms with Crippen molar-refractivity contribution in [2.45, 2.75) is 0 Å². The first-order valence-electron chi connectivity index (χ1n) is 3.30. The molecule has 0 unspecified atom stereocenters. The van der Waals surface area contributed by atoms with E-state index < -0.39 is 7.82 Å². The lowest BCUT2D eigenvalue weighted by Gasteiger charge is -2.10. The monoisotopic (exact) mass is 257 g/mol. The number of phosphoric acid groups is 1. The molecule has 0 atom stereocenters. The molecule has 0 aliphatic rings. The summed E-state index contributed by atoms with van der Waals surface area (Å²) in [6.45, 7) is 0. The van der Waals surface area contributed by atoms with Crippen molar-refractivity contribution < 1.29 is 18.9 Å². The van der Waals surface area contributed by atoms with Crippen LogP contribution in [0.15, 0.2) is 12.1 Å². The number of benzene rings is 1. The second kappa shape index (κ2) is 3.96. The molecule has 0 saturated carbocycles. The van der Waals surface area contributed by atoms with E-state index in [1.54, 1.807) is 0 Å². The van der Waals surface area contributed by atoms with Crippen LogP contribution in [0.5, 0.6) is 5.75 Å². The molecule has 0 aliphatic carbocycles. The first kappa shape index (κ1) is 11.6. The number of halogens is 2. The van der Waals surface area contributed by atoms with Crippen molar-refractivity contribution in [1.82, 2.24) is 0 Å². The molecule has 0 heterocycles. The van der Waals surface area contributed by atoms with Gasteiger partial charge in [0.1, 0.15) is 0 Å². The maximum Gasteiger partial charge on any atom is 0.524 e. The third kappa shape index (κ3) is 2.77. The highest BCUT2D eigenvalue weighted by Gasteiger charge is 2.19. The van der Waals surface area contributed by atoms with Gasteiger partial charge in [0.15, 0.2) is 5.75 Å². The Morgan fingerprint density at radius 2 is 1.93 bits per heavy atom. The molecule has 1 aromatic carbocycles. The first-order valence-corrected chi connectivity index (χ1v) is 5.58. The summed E-state index contributed by atoms with van der Waals surface area (Å²) in [5.41, 5.74) is 5.30. The molecule has 0 spiro atoms. The van der Waals surface area contributed by atoms with Gasteiger partial charge in [-0.25, -0.2) is 4.57 Å². The Hall–Kier alpha value is -0.450. The Morgan fingerprint density at radius 3 is 2.43 bits per heavy atom. The maximum absolute atomic E-state index is 10.5. The van der Waals surface area contributed by atoms with Gasteiger partial charge in [0, 0.05) is 0 Å². The molecule has 0 amide bonds. The third-order valence-corrected chi connectivity index (χ3v) is 2.56. The average Bonchev–Trinajstić information content (AvgIpc) is 2.04. The summed E-state index contributed by atoms with van der Waals surface area (Å²) in [4.78, 5) is 17.0. The summed E-state index contributed by atoms with van der Waals surface area (Å²) in [6, 6.07) is 2.55. The van der Waals surface area contributed by atoms with E-state index in [0.29, 0.717) is 0 Å². The van der Waals surface area contributed by atoms with Gasteiger partial charge in [-0.2, -0.15) is 0 Å². The third-order valence-electron chi connectivity index (χ3n) is 1.31. The number of nitrogen functional groups attached to an aromatic ring is 1. The van der Waals surface area contributed by atoms with Crippen LogP contribution >= 0.6 is 31.0 Å². The number of hydrogen-bond acceptors (Lipinski definition) is 3. The summed E-state index contributed by atoms with van der Waals surface area (Å²) in [6.07, 6.45) is 0. The van der Waals surface area contributed by atoms with E-state index in [2.05, 4.69) is 4.52 Å². The van der Waals surface area contributed by atoms with Crippen LogP contribution in [0.4, 0.5) is 5.69 Å². The van der Waals surface area contributed by atoms with Gasteiger partial charge < -0.3 is 10.3 Å². The van der Waals surface area contributed by atoms with Gasteiger partial charge in [-0.05, 0) is 12.1 Å². The largest absolute Gasteiger partial charge is 0.524 e. The van der Waals surface area contributed by atoms with E-state index in [1.807, 2.05) is 0 Å². The molecule has 4 N–H and O–H groups in total. The second-order valence-corrected chi connectivity index (χ2v) is 4.30. The lowest BCUT2D eigenvalue weighted by atomic mass is 10.3. The predicted molar refractivity (Wildman–Crippen MR) is 53.5 cm³/mol. The smallest absolute Gasteiger partial charge is 0.402 e. The maximum atomic E-state index is 10.5. The molecule has 78 valence electrons. The fourth-order valence-corrected chi connectivity index (χ4v) is 1.49. The zero-order valence-electron chi connectivity index (χ0n) is 6.65. The molecular formula is C6H6Cl2NO4P. The standard InChI is InChI=1S/C6H6Cl2NO4P/c7-3-1-2-4(6(9)5(3)8)13-14(10,11)12/h1-2H,9H2,(H2,10,11,12). The summed E-state index contributed by atoms with van der Waals surface area (Å²) in [7, 11) is -4.63. The lowest BCUT2D eigenvalue weighted by Crippen LogP contribution is -1.96. The molecular weight excluding hydrogens is 252 g/mol. The van der Waals surface area contributed by atoms with Gasteiger partial charge >= 0.3 is 7.82 Å². The highest BCUT2D eigenvalue weighted by Crippen LogP contribution is 2.43. The van der Waals surface area contributed by atoms with Crippen LogP contribution in [0.25, 0.3) is 0 Å². The molecule has 1 aromatic rings. The molecule has 0 aromatic heterocycles. The quantitative estimate of drug-likeness (QED) is 0.557. The van der Waals surface area contributed by atoms with Crippen molar-refractivity contribution in [3.05, 3.63) is 22.2 Å². The fraction of sp³-hybridized carbons (Fsp3) is 0. The molecule has 0 fully saturated rings. The van der Waals surface area contributed by atoms with Crippen LogP contribution in [0.3, 0.4) is 0 Å². The van der Waals surface area contributed by atoms with Crippen LogP contribution in [0, 0.1) is 0 Å². The summed E-state index contributed by atoms with van der Waals surface area (Å²) in [5.74, 6) is -0.201. The Kier molecular flexibility index (Phi) is 3.29. The Labute approximate surface area is 89.6 Å². The topological polar surface area (TPSA) is 92.8 Å². The number of rotatable bonds is 2. The highest BCUT2D eigenvalue weighted by atomic mass is 35.5. The number of hydrogen-bond donors (Lipinski definition) is 3. The van der Waals surface area contributed by atoms with Crippen LogP contribution in [0.2, 0.25) is 10.0 Å². The predicted octanol–water partition coefficient (Wildman–Crippen LogP) is 2.05. The van der Waals surface area contributed by atoms with Gasteiger partial charge in [-0.15, -0.1) is 0 Å². The van der Waals surface area contributed by atoms with E-state index in [0.717, 1.165) is 0 Å². The zero-order chi connectivity index (χ0) is 10.9. The molecule has 0 aliphatic heterocycles. The molecule has 5 nitrogen and oxygen atoms in total. The molecule has 0 radical (unpaired) electrons. The van der Waals surface area contributed by atoms with Crippen molar-refractivity contribution in [3.63, 3.8) is 0 Å².